The van der Waals surface area contributed by atoms with Crippen LogP contribution in [-0.4, -0.2) is 37.6 Å². The maximum atomic E-state index is 13.4. The van der Waals surface area contributed by atoms with Crippen molar-refractivity contribution in [2.24, 2.45) is 5.92 Å². The number of nitrogens with two attached hydrogens (primary N) is 1. The lowest BCUT2D eigenvalue weighted by molar-refractivity contribution is 0.102. The molecule has 2 aliphatic rings. The summed E-state index contributed by atoms with van der Waals surface area (Å²) in [5.41, 5.74) is 7.55. The minimum Gasteiger partial charge on any atom is -0.397 e. The molecule has 2 aliphatic heterocycles. The summed E-state index contributed by atoms with van der Waals surface area (Å²) in [4.78, 5) is 4.75. The van der Waals surface area contributed by atoms with E-state index < -0.39 is 0 Å². The molecular formula is C15H22FN3. The van der Waals surface area contributed by atoms with Gasteiger partial charge in [0.2, 0.25) is 0 Å². The third-order valence-electron chi connectivity index (χ3n) is 4.68. The number of nitrogen functional groups attached to an aromatic ring is 1. The summed E-state index contributed by atoms with van der Waals surface area (Å²) in [6.45, 7) is 3.19. The molecule has 2 fully saturated rings. The first kappa shape index (κ1) is 12.7. The van der Waals surface area contributed by atoms with Crippen LogP contribution in [0, 0.1) is 11.7 Å². The zero-order valence-corrected chi connectivity index (χ0v) is 11.5. The third-order valence-corrected chi connectivity index (χ3v) is 4.68. The van der Waals surface area contributed by atoms with Gasteiger partial charge in [0.25, 0.3) is 0 Å². The van der Waals surface area contributed by atoms with E-state index in [1.165, 1.54) is 25.5 Å². The number of anilines is 2. The van der Waals surface area contributed by atoms with E-state index in [9.17, 15) is 4.39 Å². The number of piperidine rings is 2. The van der Waals surface area contributed by atoms with E-state index in [1.807, 2.05) is 0 Å². The lowest BCUT2D eigenvalue weighted by Crippen LogP contribution is -2.52. The highest BCUT2D eigenvalue weighted by molar-refractivity contribution is 5.67. The summed E-state index contributed by atoms with van der Waals surface area (Å²) in [5.74, 6) is 0.488. The van der Waals surface area contributed by atoms with E-state index in [-0.39, 0.29) is 5.82 Å². The Hall–Kier alpha value is -1.29. The highest BCUT2D eigenvalue weighted by Crippen LogP contribution is 2.34. The smallest absolute Gasteiger partial charge is 0.125 e. The second-order valence-corrected chi connectivity index (χ2v) is 5.89. The van der Waals surface area contributed by atoms with Crippen LogP contribution in [0.3, 0.4) is 0 Å². The van der Waals surface area contributed by atoms with Crippen LogP contribution < -0.4 is 10.6 Å². The monoisotopic (exact) mass is 263 g/mol. The van der Waals surface area contributed by atoms with Crippen LogP contribution >= 0.6 is 0 Å². The molecule has 3 rings (SSSR count). The molecule has 3 nitrogen and oxygen atoms in total. The molecule has 0 aliphatic carbocycles. The van der Waals surface area contributed by atoms with Gasteiger partial charge in [0, 0.05) is 19.1 Å². The molecule has 2 unspecified atom stereocenters. The molecule has 1 aromatic carbocycles. The van der Waals surface area contributed by atoms with Crippen molar-refractivity contribution >= 4 is 11.4 Å². The number of likely N-dealkylation sites (tertiary alicyclic amines) is 1. The maximum Gasteiger partial charge on any atom is 0.125 e. The van der Waals surface area contributed by atoms with Crippen molar-refractivity contribution in [3.8, 4) is 0 Å². The van der Waals surface area contributed by atoms with Gasteiger partial charge in [-0.2, -0.15) is 0 Å². The summed E-state index contributed by atoms with van der Waals surface area (Å²) in [6, 6.07) is 5.37. The number of hydrogen-bond donors (Lipinski definition) is 1. The molecule has 0 radical (unpaired) electrons. The molecule has 2 saturated heterocycles. The van der Waals surface area contributed by atoms with Gasteiger partial charge < -0.3 is 15.5 Å². The Bertz CT molecular complexity index is 463. The highest BCUT2D eigenvalue weighted by Gasteiger charge is 2.34. The van der Waals surface area contributed by atoms with Gasteiger partial charge in [0.05, 0.1) is 11.4 Å². The van der Waals surface area contributed by atoms with Crippen molar-refractivity contribution in [2.75, 3.05) is 37.3 Å². The summed E-state index contributed by atoms with van der Waals surface area (Å²) in [7, 11) is 2.23. The van der Waals surface area contributed by atoms with Gasteiger partial charge >= 0.3 is 0 Å². The molecule has 0 bridgehead atoms. The lowest BCUT2D eigenvalue weighted by Gasteiger charge is -2.46. The average molecular weight is 263 g/mol. The van der Waals surface area contributed by atoms with E-state index >= 15 is 0 Å². The van der Waals surface area contributed by atoms with Crippen LogP contribution in [-0.2, 0) is 0 Å². The Morgan fingerprint density at radius 2 is 2.11 bits per heavy atom. The number of fused-ring (bicyclic) bond motifs is 1. The molecular weight excluding hydrogens is 241 g/mol. The fourth-order valence-corrected chi connectivity index (χ4v) is 3.66. The Morgan fingerprint density at radius 1 is 1.26 bits per heavy atom. The van der Waals surface area contributed by atoms with Gasteiger partial charge in [-0.15, -0.1) is 0 Å². The minimum absolute atomic E-state index is 0.202. The molecule has 104 valence electrons. The first-order chi connectivity index (χ1) is 9.15. The van der Waals surface area contributed by atoms with Crippen LogP contribution in [0.25, 0.3) is 0 Å². The van der Waals surface area contributed by atoms with Crippen molar-refractivity contribution < 1.29 is 4.39 Å². The Balaban J connectivity index is 1.79. The average Bonchev–Trinajstić information content (AvgIpc) is 2.41. The summed E-state index contributed by atoms with van der Waals surface area (Å²) >= 11 is 0. The Labute approximate surface area is 114 Å². The predicted octanol–water partition coefficient (Wildman–Crippen LogP) is 2.33. The quantitative estimate of drug-likeness (QED) is 0.789. The van der Waals surface area contributed by atoms with Crippen molar-refractivity contribution in [1.82, 2.24) is 4.90 Å². The van der Waals surface area contributed by atoms with Crippen LogP contribution in [0.5, 0.6) is 0 Å². The fraction of sp³-hybridized carbons (Fsp3) is 0.600. The number of halogens is 1. The molecule has 4 heteroatoms. The van der Waals surface area contributed by atoms with Gasteiger partial charge in [-0.3, -0.25) is 0 Å². The fourth-order valence-electron chi connectivity index (χ4n) is 3.66. The molecule has 0 spiro atoms. The molecule has 0 amide bonds. The van der Waals surface area contributed by atoms with Crippen LogP contribution in [0.1, 0.15) is 19.3 Å². The molecule has 2 atom stereocenters. The van der Waals surface area contributed by atoms with Crippen LogP contribution in [0.4, 0.5) is 15.8 Å². The van der Waals surface area contributed by atoms with Gasteiger partial charge in [-0.05, 0) is 57.0 Å². The lowest BCUT2D eigenvalue weighted by atomic mass is 9.84. The number of hydrogen-bond acceptors (Lipinski definition) is 3. The molecule has 0 aromatic heterocycles. The topological polar surface area (TPSA) is 32.5 Å². The summed E-state index contributed by atoms with van der Waals surface area (Å²) in [5, 5.41) is 0. The normalized spacial score (nSPS) is 28.2. The minimum atomic E-state index is -0.202. The molecule has 0 saturated carbocycles. The Kier molecular flexibility index (Phi) is 3.35. The zero-order valence-electron chi connectivity index (χ0n) is 11.5. The van der Waals surface area contributed by atoms with Crippen LogP contribution in [0.15, 0.2) is 18.2 Å². The second kappa shape index (κ2) is 5.00. The van der Waals surface area contributed by atoms with Crippen molar-refractivity contribution in [1.29, 1.82) is 0 Å². The molecule has 19 heavy (non-hydrogen) atoms. The largest absolute Gasteiger partial charge is 0.397 e. The van der Waals surface area contributed by atoms with E-state index in [1.54, 1.807) is 12.1 Å². The van der Waals surface area contributed by atoms with E-state index in [0.717, 1.165) is 25.2 Å². The van der Waals surface area contributed by atoms with E-state index in [4.69, 9.17) is 5.73 Å². The van der Waals surface area contributed by atoms with E-state index in [0.29, 0.717) is 17.6 Å². The van der Waals surface area contributed by atoms with Gasteiger partial charge in [0.1, 0.15) is 5.82 Å². The van der Waals surface area contributed by atoms with Gasteiger partial charge in [-0.25, -0.2) is 4.39 Å². The number of benzene rings is 1. The number of rotatable bonds is 1. The van der Waals surface area contributed by atoms with Gasteiger partial charge in [0.15, 0.2) is 0 Å². The highest BCUT2D eigenvalue weighted by atomic mass is 19.1. The van der Waals surface area contributed by atoms with Crippen molar-refractivity contribution in [2.45, 2.75) is 25.3 Å². The Morgan fingerprint density at radius 3 is 2.95 bits per heavy atom. The molecule has 2 N–H and O–H groups in total. The second-order valence-electron chi connectivity index (χ2n) is 5.89. The molecule has 2 heterocycles. The van der Waals surface area contributed by atoms with Crippen molar-refractivity contribution in [3.63, 3.8) is 0 Å². The first-order valence-corrected chi connectivity index (χ1v) is 7.15. The van der Waals surface area contributed by atoms with E-state index in [2.05, 4.69) is 16.8 Å². The predicted molar refractivity (Wildman–Crippen MR) is 76.8 cm³/mol. The van der Waals surface area contributed by atoms with Gasteiger partial charge in [-0.1, -0.05) is 0 Å². The first-order valence-electron chi connectivity index (χ1n) is 7.15. The van der Waals surface area contributed by atoms with Crippen molar-refractivity contribution in [3.05, 3.63) is 24.0 Å². The van der Waals surface area contributed by atoms with Crippen LogP contribution in [0.2, 0.25) is 0 Å². The maximum absolute atomic E-state index is 13.4. The number of nitrogens with zero attached hydrogens (tertiary/aromatic N) is 2. The summed E-state index contributed by atoms with van der Waals surface area (Å²) in [6.07, 6.45) is 3.70. The zero-order chi connectivity index (χ0) is 13.4. The summed E-state index contributed by atoms with van der Waals surface area (Å²) < 4.78 is 13.4. The standard InChI is InChI=1S/C15H22FN3/c1-18-7-2-3-11-10-19(8-6-14(11)18)15-9-12(16)4-5-13(15)17/h4-5,9,11,14H,2-3,6-8,10,17H2,1H3. The molecule has 1 aromatic rings. The SMILES string of the molecule is CN1CCCC2CN(c3cc(F)ccc3N)CCC21. The third kappa shape index (κ3) is 2.41.